The van der Waals surface area contributed by atoms with E-state index in [1.807, 2.05) is 0 Å². The molecule has 3 nitrogen and oxygen atoms in total. The van der Waals surface area contributed by atoms with E-state index in [0.717, 1.165) is 25.9 Å². The molecular formula is C11H22N2O. The van der Waals surface area contributed by atoms with Gasteiger partial charge in [0.25, 0.3) is 0 Å². The molecule has 2 rings (SSSR count). The zero-order valence-corrected chi connectivity index (χ0v) is 8.91. The second-order valence-corrected chi connectivity index (χ2v) is 4.70. The fourth-order valence-electron chi connectivity index (χ4n) is 2.59. The van der Waals surface area contributed by atoms with Crippen LogP contribution in [0.2, 0.25) is 0 Å². The maximum atomic E-state index is 9.55. The molecule has 3 heteroatoms. The van der Waals surface area contributed by atoms with Crippen LogP contribution in [0.15, 0.2) is 0 Å². The van der Waals surface area contributed by atoms with E-state index in [0.29, 0.717) is 6.04 Å². The summed E-state index contributed by atoms with van der Waals surface area (Å²) in [4.78, 5) is 2.41. The average molecular weight is 198 g/mol. The number of aliphatic hydroxyl groups is 1. The van der Waals surface area contributed by atoms with E-state index in [1.54, 1.807) is 0 Å². The Hall–Kier alpha value is -0.120. The summed E-state index contributed by atoms with van der Waals surface area (Å²) in [7, 11) is 0. The highest BCUT2D eigenvalue weighted by Gasteiger charge is 2.21. The first-order valence-corrected chi connectivity index (χ1v) is 5.98. The van der Waals surface area contributed by atoms with Crippen LogP contribution in [0.5, 0.6) is 0 Å². The number of aliphatic hydroxyl groups excluding tert-OH is 1. The molecule has 14 heavy (non-hydrogen) atoms. The second kappa shape index (κ2) is 5.10. The number of β-amino-alcohol motifs (C(OH)–C–C–N with tert-alkyl or cyclic N) is 1. The van der Waals surface area contributed by atoms with Crippen LogP contribution in [-0.2, 0) is 0 Å². The molecule has 2 atom stereocenters. The Morgan fingerprint density at radius 3 is 2.86 bits per heavy atom. The van der Waals surface area contributed by atoms with E-state index >= 15 is 0 Å². The molecule has 2 saturated heterocycles. The molecule has 0 bridgehead atoms. The molecular weight excluding hydrogens is 176 g/mol. The number of nitrogens with zero attached hydrogens (tertiary/aromatic N) is 1. The van der Waals surface area contributed by atoms with Gasteiger partial charge >= 0.3 is 0 Å². The summed E-state index contributed by atoms with van der Waals surface area (Å²) >= 11 is 0. The Morgan fingerprint density at radius 1 is 1.21 bits per heavy atom. The third kappa shape index (κ3) is 2.94. The first-order chi connectivity index (χ1) is 6.84. The van der Waals surface area contributed by atoms with Gasteiger partial charge < -0.3 is 10.4 Å². The molecule has 2 aliphatic heterocycles. The lowest BCUT2D eigenvalue weighted by molar-refractivity contribution is 0.0635. The molecule has 0 aromatic carbocycles. The average Bonchev–Trinajstić information content (AvgIpc) is 2.19. The number of likely N-dealkylation sites (tertiary alicyclic amines) is 1. The molecule has 82 valence electrons. The third-order valence-electron chi connectivity index (χ3n) is 3.37. The largest absolute Gasteiger partial charge is 0.392 e. The van der Waals surface area contributed by atoms with Crippen molar-refractivity contribution < 1.29 is 5.11 Å². The summed E-state index contributed by atoms with van der Waals surface area (Å²) in [5.74, 6) is 0. The van der Waals surface area contributed by atoms with Crippen molar-refractivity contribution in [3.8, 4) is 0 Å². The van der Waals surface area contributed by atoms with Gasteiger partial charge in [0, 0.05) is 19.1 Å². The highest BCUT2D eigenvalue weighted by molar-refractivity contribution is 4.79. The number of nitrogens with one attached hydrogen (secondary N) is 1. The van der Waals surface area contributed by atoms with Crippen molar-refractivity contribution in [1.29, 1.82) is 0 Å². The highest BCUT2D eigenvalue weighted by Crippen LogP contribution is 2.13. The monoisotopic (exact) mass is 198 g/mol. The first-order valence-electron chi connectivity index (χ1n) is 5.98. The minimum absolute atomic E-state index is 0.0765. The minimum atomic E-state index is -0.0765. The standard InChI is InChI=1S/C11H22N2O/c14-11-5-3-7-13(9-11)8-10-4-1-2-6-12-10/h10-12,14H,1-9H2. The van der Waals surface area contributed by atoms with Gasteiger partial charge in [-0.1, -0.05) is 6.42 Å². The molecule has 2 aliphatic rings. The van der Waals surface area contributed by atoms with Crippen LogP contribution in [-0.4, -0.2) is 48.3 Å². The van der Waals surface area contributed by atoms with Crippen LogP contribution < -0.4 is 5.32 Å². The fraction of sp³-hybridized carbons (Fsp3) is 1.00. The maximum absolute atomic E-state index is 9.55. The van der Waals surface area contributed by atoms with Gasteiger partial charge in [-0.25, -0.2) is 0 Å². The van der Waals surface area contributed by atoms with Crippen molar-refractivity contribution in [1.82, 2.24) is 10.2 Å². The SMILES string of the molecule is OC1CCCN(CC2CCCCN2)C1. The van der Waals surface area contributed by atoms with Crippen LogP contribution in [0.25, 0.3) is 0 Å². The number of hydrogen-bond donors (Lipinski definition) is 2. The molecule has 0 spiro atoms. The fourth-order valence-corrected chi connectivity index (χ4v) is 2.59. The Balaban J connectivity index is 1.72. The normalized spacial score (nSPS) is 35.8. The van der Waals surface area contributed by atoms with Crippen molar-refractivity contribution in [3.63, 3.8) is 0 Å². The van der Waals surface area contributed by atoms with Gasteiger partial charge in [-0.2, -0.15) is 0 Å². The predicted molar refractivity (Wildman–Crippen MR) is 57.3 cm³/mol. The van der Waals surface area contributed by atoms with Crippen molar-refractivity contribution in [3.05, 3.63) is 0 Å². The van der Waals surface area contributed by atoms with E-state index in [-0.39, 0.29) is 6.10 Å². The molecule has 0 aromatic rings. The molecule has 0 saturated carbocycles. The van der Waals surface area contributed by atoms with Crippen molar-refractivity contribution >= 4 is 0 Å². The van der Waals surface area contributed by atoms with E-state index in [2.05, 4.69) is 10.2 Å². The van der Waals surface area contributed by atoms with E-state index in [9.17, 15) is 5.11 Å². The minimum Gasteiger partial charge on any atom is -0.392 e. The Kier molecular flexibility index (Phi) is 3.79. The zero-order valence-electron chi connectivity index (χ0n) is 8.91. The number of hydrogen-bond acceptors (Lipinski definition) is 3. The van der Waals surface area contributed by atoms with Crippen LogP contribution in [0.1, 0.15) is 32.1 Å². The molecule has 0 aliphatic carbocycles. The van der Waals surface area contributed by atoms with Gasteiger partial charge in [0.05, 0.1) is 6.10 Å². The van der Waals surface area contributed by atoms with E-state index in [1.165, 1.54) is 32.4 Å². The van der Waals surface area contributed by atoms with Crippen molar-refractivity contribution in [2.24, 2.45) is 0 Å². The topological polar surface area (TPSA) is 35.5 Å². The Morgan fingerprint density at radius 2 is 2.14 bits per heavy atom. The summed E-state index contributed by atoms with van der Waals surface area (Å²) in [6.07, 6.45) is 6.09. The van der Waals surface area contributed by atoms with E-state index in [4.69, 9.17) is 0 Å². The molecule has 0 aromatic heterocycles. The summed E-state index contributed by atoms with van der Waals surface area (Å²) in [6.45, 7) is 4.38. The van der Waals surface area contributed by atoms with Gasteiger partial charge in [-0.3, -0.25) is 4.90 Å². The van der Waals surface area contributed by atoms with Crippen molar-refractivity contribution in [2.75, 3.05) is 26.2 Å². The van der Waals surface area contributed by atoms with Crippen LogP contribution in [0.3, 0.4) is 0 Å². The molecule has 2 heterocycles. The van der Waals surface area contributed by atoms with Crippen LogP contribution in [0.4, 0.5) is 0 Å². The van der Waals surface area contributed by atoms with E-state index < -0.39 is 0 Å². The summed E-state index contributed by atoms with van der Waals surface area (Å²) in [5.41, 5.74) is 0. The van der Waals surface area contributed by atoms with Gasteiger partial charge in [0.1, 0.15) is 0 Å². The Bertz CT molecular complexity index is 169. The predicted octanol–water partition coefficient (Wildman–Crippen LogP) is 0.585. The van der Waals surface area contributed by atoms with Gasteiger partial charge in [0.2, 0.25) is 0 Å². The second-order valence-electron chi connectivity index (χ2n) is 4.70. The summed E-state index contributed by atoms with van der Waals surface area (Å²) < 4.78 is 0. The summed E-state index contributed by atoms with van der Waals surface area (Å²) in [6, 6.07) is 0.675. The molecule has 2 fully saturated rings. The lowest BCUT2D eigenvalue weighted by Crippen LogP contribution is -2.47. The van der Waals surface area contributed by atoms with Crippen LogP contribution >= 0.6 is 0 Å². The zero-order chi connectivity index (χ0) is 9.80. The van der Waals surface area contributed by atoms with Gasteiger partial charge in [-0.15, -0.1) is 0 Å². The molecule has 0 radical (unpaired) electrons. The number of rotatable bonds is 2. The number of piperidine rings is 2. The molecule has 2 N–H and O–H groups in total. The lowest BCUT2D eigenvalue weighted by atomic mass is 10.0. The first kappa shape index (κ1) is 10.4. The van der Waals surface area contributed by atoms with Gasteiger partial charge in [-0.05, 0) is 38.8 Å². The Labute approximate surface area is 86.5 Å². The highest BCUT2D eigenvalue weighted by atomic mass is 16.3. The van der Waals surface area contributed by atoms with Crippen LogP contribution in [0, 0.1) is 0 Å². The quantitative estimate of drug-likeness (QED) is 0.681. The lowest BCUT2D eigenvalue weighted by Gasteiger charge is -2.34. The maximum Gasteiger partial charge on any atom is 0.0667 e. The third-order valence-corrected chi connectivity index (χ3v) is 3.37. The smallest absolute Gasteiger partial charge is 0.0667 e. The van der Waals surface area contributed by atoms with Crippen molar-refractivity contribution in [2.45, 2.75) is 44.2 Å². The van der Waals surface area contributed by atoms with Gasteiger partial charge in [0.15, 0.2) is 0 Å². The molecule has 2 unspecified atom stereocenters. The summed E-state index contributed by atoms with van der Waals surface area (Å²) in [5, 5.41) is 13.1. The molecule has 0 amide bonds.